The molecule has 0 saturated heterocycles. The molecule has 0 saturated carbocycles. The maximum absolute atomic E-state index is 10.8. The van der Waals surface area contributed by atoms with Crippen LogP contribution in [-0.2, 0) is 25.6 Å². The molecule has 0 atom stereocenters. The van der Waals surface area contributed by atoms with Gasteiger partial charge in [0.25, 0.3) is 0 Å². The van der Waals surface area contributed by atoms with Crippen molar-refractivity contribution < 1.29 is 38.5 Å². The number of carbonyl (C=O) groups is 4. The number of carbonyl (C=O) groups excluding carboxylic acids is 3. The second kappa shape index (κ2) is 14.5. The predicted molar refractivity (Wildman–Crippen MR) is 128 cm³/mol. The third-order valence-corrected chi connectivity index (χ3v) is 4.16. The maximum Gasteiger partial charge on any atom is 0.308 e. The average molecular weight is 509 g/mol. The van der Waals surface area contributed by atoms with E-state index in [0.29, 0.717) is 33.9 Å². The molecule has 1 N–H and O–H groups in total. The first-order valence-corrected chi connectivity index (χ1v) is 10.3. The van der Waals surface area contributed by atoms with Crippen LogP contribution >= 0.6 is 23.2 Å². The Labute approximate surface area is 206 Å². The number of esters is 1. The summed E-state index contributed by atoms with van der Waals surface area (Å²) in [6.45, 7) is 1.30. The highest BCUT2D eigenvalue weighted by atomic mass is 35.5. The highest BCUT2D eigenvalue weighted by molar-refractivity contribution is 6.67. The topological polar surface area (TPSA) is 116 Å². The van der Waals surface area contributed by atoms with Crippen LogP contribution in [0.4, 0.5) is 0 Å². The molecule has 0 bridgehead atoms. The molecule has 0 aliphatic carbocycles. The first-order chi connectivity index (χ1) is 16.0. The number of hydrogen-bond acceptors (Lipinski definition) is 7. The molecule has 34 heavy (non-hydrogen) atoms. The largest absolute Gasteiger partial charge is 0.496 e. The molecule has 0 spiro atoms. The Balaban J connectivity index is 0.000000340. The second-order valence-electron chi connectivity index (χ2n) is 6.42. The Morgan fingerprint density at radius 1 is 0.824 bits per heavy atom. The van der Waals surface area contributed by atoms with Gasteiger partial charge in [0.15, 0.2) is 11.5 Å². The molecular formula is C24H22Cl2O8. The second-order valence-corrected chi connectivity index (χ2v) is 7.17. The van der Waals surface area contributed by atoms with Gasteiger partial charge in [-0.3, -0.25) is 19.2 Å². The molecule has 180 valence electrons. The van der Waals surface area contributed by atoms with E-state index >= 15 is 0 Å². The monoisotopic (exact) mass is 508 g/mol. The van der Waals surface area contributed by atoms with Gasteiger partial charge in [-0.15, -0.1) is 0 Å². The molecule has 0 aliphatic heterocycles. The molecule has 0 unspecified atom stereocenters. The van der Waals surface area contributed by atoms with Gasteiger partial charge in [-0.2, -0.15) is 0 Å². The first kappa shape index (κ1) is 28.4. The highest BCUT2D eigenvalue weighted by Gasteiger charge is 2.08. The van der Waals surface area contributed by atoms with Crippen molar-refractivity contribution in [2.75, 3.05) is 14.2 Å². The third kappa shape index (κ3) is 10.8. The van der Waals surface area contributed by atoms with Crippen molar-refractivity contribution >= 4 is 57.8 Å². The minimum atomic E-state index is -0.928. The Hall–Kier alpha value is -3.62. The van der Waals surface area contributed by atoms with Crippen LogP contribution in [0.2, 0.25) is 0 Å². The average Bonchev–Trinajstić information content (AvgIpc) is 2.77. The zero-order valence-corrected chi connectivity index (χ0v) is 20.1. The summed E-state index contributed by atoms with van der Waals surface area (Å²) in [6.07, 6.45) is 5.40. The summed E-state index contributed by atoms with van der Waals surface area (Å²) in [6, 6.07) is 9.88. The number of carboxylic acid groups (broad SMARTS) is 1. The van der Waals surface area contributed by atoms with Gasteiger partial charge in [0, 0.05) is 12.5 Å². The van der Waals surface area contributed by atoms with Crippen LogP contribution in [0.3, 0.4) is 0 Å². The Morgan fingerprint density at radius 2 is 1.32 bits per heavy atom. The van der Waals surface area contributed by atoms with Gasteiger partial charge in [0.1, 0.15) is 5.75 Å². The summed E-state index contributed by atoms with van der Waals surface area (Å²) in [5, 5.41) is 7.57. The quantitative estimate of drug-likeness (QED) is 0.227. The van der Waals surface area contributed by atoms with Gasteiger partial charge in [-0.1, -0.05) is 30.4 Å². The number of aliphatic carboxylic acids is 1. The summed E-state index contributed by atoms with van der Waals surface area (Å²) in [4.78, 5) is 42.5. The lowest BCUT2D eigenvalue weighted by molar-refractivity contribution is -0.136. The summed E-state index contributed by atoms with van der Waals surface area (Å²) < 4.78 is 15.1. The van der Waals surface area contributed by atoms with E-state index in [1.54, 1.807) is 36.4 Å². The molecule has 2 aromatic carbocycles. The fourth-order valence-electron chi connectivity index (χ4n) is 2.52. The van der Waals surface area contributed by atoms with Crippen molar-refractivity contribution in [3.05, 3.63) is 65.2 Å². The van der Waals surface area contributed by atoms with Crippen molar-refractivity contribution in [3.63, 3.8) is 0 Å². The van der Waals surface area contributed by atoms with Crippen LogP contribution in [0.5, 0.6) is 17.2 Å². The van der Waals surface area contributed by atoms with E-state index in [4.69, 9.17) is 42.5 Å². The molecule has 10 heteroatoms. The molecule has 0 radical (unpaired) electrons. The first-order valence-electron chi connectivity index (χ1n) is 9.56. The van der Waals surface area contributed by atoms with Crippen molar-refractivity contribution in [2.45, 2.75) is 13.3 Å². The predicted octanol–water partition coefficient (Wildman–Crippen LogP) is 4.50. The summed E-state index contributed by atoms with van der Waals surface area (Å²) in [5.41, 5.74) is 2.01. The molecule has 0 aromatic heterocycles. The fraction of sp³-hybridized carbons (Fsp3) is 0.167. The third-order valence-electron chi connectivity index (χ3n) is 3.91. The smallest absolute Gasteiger partial charge is 0.308 e. The van der Waals surface area contributed by atoms with Crippen LogP contribution in [0, 0.1) is 0 Å². The number of hydrogen-bond donors (Lipinski definition) is 1. The minimum absolute atomic E-state index is 0.110. The van der Waals surface area contributed by atoms with Gasteiger partial charge in [-0.25, -0.2) is 0 Å². The normalized spacial score (nSPS) is 10.4. The van der Waals surface area contributed by atoms with Gasteiger partial charge < -0.3 is 19.3 Å². The van der Waals surface area contributed by atoms with E-state index in [-0.39, 0.29) is 6.42 Å². The fourth-order valence-corrected chi connectivity index (χ4v) is 2.65. The minimum Gasteiger partial charge on any atom is -0.496 e. The zero-order valence-electron chi connectivity index (χ0n) is 18.5. The van der Waals surface area contributed by atoms with Crippen LogP contribution in [0.15, 0.2) is 48.6 Å². The van der Waals surface area contributed by atoms with Crippen molar-refractivity contribution in [1.29, 1.82) is 0 Å². The molecule has 2 aromatic rings. The van der Waals surface area contributed by atoms with Gasteiger partial charge in [0.2, 0.25) is 10.5 Å². The van der Waals surface area contributed by atoms with Crippen LogP contribution in [0.25, 0.3) is 12.2 Å². The van der Waals surface area contributed by atoms with E-state index in [1.807, 2.05) is 0 Å². The Kier molecular flexibility index (Phi) is 12.1. The lowest BCUT2D eigenvalue weighted by Gasteiger charge is -2.08. The van der Waals surface area contributed by atoms with Gasteiger partial charge >= 0.3 is 11.9 Å². The number of rotatable bonds is 9. The maximum atomic E-state index is 10.8. The van der Waals surface area contributed by atoms with Crippen molar-refractivity contribution in [2.24, 2.45) is 0 Å². The summed E-state index contributed by atoms with van der Waals surface area (Å²) in [7, 11) is 2.92. The molecule has 0 fully saturated rings. The van der Waals surface area contributed by atoms with Crippen LogP contribution < -0.4 is 14.2 Å². The van der Waals surface area contributed by atoms with Crippen molar-refractivity contribution in [3.8, 4) is 17.2 Å². The Morgan fingerprint density at radius 3 is 1.76 bits per heavy atom. The van der Waals surface area contributed by atoms with Crippen LogP contribution in [0.1, 0.15) is 23.6 Å². The number of methoxy groups -OCH3 is 2. The molecule has 2 rings (SSSR count). The highest BCUT2D eigenvalue weighted by Crippen LogP contribution is 2.28. The molecule has 8 nitrogen and oxygen atoms in total. The van der Waals surface area contributed by atoms with Gasteiger partial charge in [0.05, 0.1) is 20.6 Å². The van der Waals surface area contributed by atoms with E-state index in [0.717, 1.165) is 0 Å². The van der Waals surface area contributed by atoms with Gasteiger partial charge in [-0.05, 0) is 64.7 Å². The van der Waals surface area contributed by atoms with Crippen LogP contribution in [-0.4, -0.2) is 41.7 Å². The standard InChI is InChI=1S/2C12H11ClO4/c1-8(14)17-10-5-3-9(4-6-12(13)15)7-11(10)16-2;1-17-10-6-8(3-5-11(13)14)2-4-9(10)7-12(15)16/h3-7H,1-2H3;2-6H,7H2,1H3,(H,15,16)/b6-4+;5-3+. The van der Waals surface area contributed by atoms with E-state index in [1.165, 1.54) is 45.4 Å². The summed E-state index contributed by atoms with van der Waals surface area (Å²) in [5.74, 6) is -0.152. The van der Waals surface area contributed by atoms with E-state index in [9.17, 15) is 19.2 Å². The number of halogens is 2. The molecular weight excluding hydrogens is 487 g/mol. The summed E-state index contributed by atoms with van der Waals surface area (Å²) >= 11 is 10.3. The zero-order chi connectivity index (χ0) is 25.7. The Bertz CT molecular complexity index is 1020. The lowest BCUT2D eigenvalue weighted by Crippen LogP contribution is -2.03. The van der Waals surface area contributed by atoms with E-state index in [2.05, 4.69) is 0 Å². The SMILES string of the molecule is COc1cc(/C=C/C(=O)Cl)ccc1CC(=O)O.COc1cc(/C=C/C(=O)Cl)ccc1OC(C)=O. The number of benzene rings is 2. The number of allylic oxidation sites excluding steroid dienone is 2. The number of carboxylic acids is 1. The van der Waals surface area contributed by atoms with E-state index < -0.39 is 22.4 Å². The molecule has 0 heterocycles. The lowest BCUT2D eigenvalue weighted by atomic mass is 10.1. The molecule has 0 amide bonds. The molecule has 0 aliphatic rings. The van der Waals surface area contributed by atoms with Crippen molar-refractivity contribution in [1.82, 2.24) is 0 Å². The number of ether oxygens (including phenoxy) is 3.